The number of amides is 1. The molecule has 33 heavy (non-hydrogen) atoms. The normalized spacial score (nSPS) is 20.0. The highest BCUT2D eigenvalue weighted by atomic mass is 19.2. The molecule has 3 heterocycles. The van der Waals surface area contributed by atoms with Gasteiger partial charge in [0.05, 0.1) is 22.8 Å². The largest absolute Gasteiger partial charge is 0.471 e. The molecule has 1 saturated heterocycles. The maximum absolute atomic E-state index is 13.5. The standard InChI is InChI=1S/C23H19F3N4O3/c24-12-4-5-14-19(7-12)33-22(21(14)31)23(32)30-6-2-1-3-13(30)10-28-20-11-27-17-8-15(25)16(26)9-18(17)29-20/h4-5,7-9,11,13,22H,1-3,6,10H2,(H,28,29)/t13-,22?/m0/s1. The highest BCUT2D eigenvalue weighted by Crippen LogP contribution is 2.31. The van der Waals surface area contributed by atoms with Crippen LogP contribution in [0.3, 0.4) is 0 Å². The SMILES string of the molecule is O=C1c2ccc(F)cc2OC1C(=O)N1CCCC[C@H]1CNc1cnc2cc(F)c(F)cc2n1. The van der Waals surface area contributed by atoms with E-state index < -0.39 is 35.2 Å². The smallest absolute Gasteiger partial charge is 0.272 e. The Balaban J connectivity index is 1.30. The van der Waals surface area contributed by atoms with Gasteiger partial charge in [-0.15, -0.1) is 0 Å². The number of ketones is 1. The van der Waals surface area contributed by atoms with Crippen molar-refractivity contribution in [2.75, 3.05) is 18.4 Å². The molecule has 1 unspecified atom stereocenters. The lowest BCUT2D eigenvalue weighted by Crippen LogP contribution is -2.52. The summed E-state index contributed by atoms with van der Waals surface area (Å²) in [5.41, 5.74) is 0.615. The molecule has 10 heteroatoms. The second-order valence-corrected chi connectivity index (χ2v) is 8.08. The van der Waals surface area contributed by atoms with Crippen molar-refractivity contribution in [1.29, 1.82) is 0 Å². The summed E-state index contributed by atoms with van der Waals surface area (Å²) in [7, 11) is 0. The number of anilines is 1. The maximum atomic E-state index is 13.5. The number of nitrogens with zero attached hydrogens (tertiary/aromatic N) is 3. The molecule has 0 spiro atoms. The minimum absolute atomic E-state index is 0.0696. The fourth-order valence-electron chi connectivity index (χ4n) is 4.25. The maximum Gasteiger partial charge on any atom is 0.272 e. The number of carbonyl (C=O) groups is 2. The van der Waals surface area contributed by atoms with E-state index in [9.17, 15) is 22.8 Å². The number of piperidine rings is 1. The second-order valence-electron chi connectivity index (χ2n) is 8.08. The summed E-state index contributed by atoms with van der Waals surface area (Å²) < 4.78 is 45.9. The molecule has 5 rings (SSSR count). The van der Waals surface area contributed by atoms with Crippen LogP contribution in [0.1, 0.15) is 29.6 Å². The van der Waals surface area contributed by atoms with E-state index in [-0.39, 0.29) is 28.4 Å². The number of Topliss-reactive ketones (excluding diaryl/α,β-unsaturated/α-hetero) is 1. The Hall–Kier alpha value is -3.69. The van der Waals surface area contributed by atoms with Crippen LogP contribution < -0.4 is 10.1 Å². The molecule has 3 aromatic rings. The fraction of sp³-hybridized carbons (Fsp3) is 0.304. The first-order valence-electron chi connectivity index (χ1n) is 10.6. The molecule has 1 aromatic heterocycles. The molecule has 0 bridgehead atoms. The summed E-state index contributed by atoms with van der Waals surface area (Å²) in [5, 5.41) is 3.09. The van der Waals surface area contributed by atoms with Crippen molar-refractivity contribution in [3.05, 3.63) is 59.5 Å². The Morgan fingerprint density at radius 1 is 1.12 bits per heavy atom. The number of ether oxygens (including phenoxy) is 1. The van der Waals surface area contributed by atoms with Crippen LogP contribution in [-0.4, -0.2) is 51.8 Å². The number of fused-ring (bicyclic) bond motifs is 2. The molecular formula is C23H19F3N4O3. The molecule has 2 aliphatic heterocycles. The minimum Gasteiger partial charge on any atom is -0.471 e. The van der Waals surface area contributed by atoms with Crippen molar-refractivity contribution in [1.82, 2.24) is 14.9 Å². The fourth-order valence-corrected chi connectivity index (χ4v) is 4.25. The molecule has 2 atom stereocenters. The number of aromatic nitrogens is 2. The van der Waals surface area contributed by atoms with Crippen LogP contribution in [0.5, 0.6) is 5.75 Å². The molecule has 2 aliphatic rings. The topological polar surface area (TPSA) is 84.4 Å². The van der Waals surface area contributed by atoms with Crippen LogP contribution in [-0.2, 0) is 4.79 Å². The van der Waals surface area contributed by atoms with E-state index in [1.807, 2.05) is 0 Å². The Morgan fingerprint density at radius 3 is 2.73 bits per heavy atom. The van der Waals surface area contributed by atoms with E-state index in [0.29, 0.717) is 25.3 Å². The van der Waals surface area contributed by atoms with Crippen LogP contribution >= 0.6 is 0 Å². The van der Waals surface area contributed by atoms with Crippen molar-refractivity contribution in [3.63, 3.8) is 0 Å². The van der Waals surface area contributed by atoms with Gasteiger partial charge in [0.1, 0.15) is 17.4 Å². The molecule has 1 fully saturated rings. The Morgan fingerprint density at radius 2 is 1.91 bits per heavy atom. The van der Waals surface area contributed by atoms with E-state index in [0.717, 1.165) is 37.1 Å². The molecule has 0 radical (unpaired) electrons. The summed E-state index contributed by atoms with van der Waals surface area (Å²) in [5.74, 6) is -3.09. The van der Waals surface area contributed by atoms with E-state index in [1.165, 1.54) is 12.3 Å². The molecule has 1 amide bonds. The van der Waals surface area contributed by atoms with E-state index in [4.69, 9.17) is 4.74 Å². The van der Waals surface area contributed by atoms with Gasteiger partial charge in [-0.25, -0.2) is 18.2 Å². The molecule has 1 N–H and O–H groups in total. The number of halogens is 3. The predicted molar refractivity (Wildman–Crippen MR) is 112 cm³/mol. The predicted octanol–water partition coefficient (Wildman–Crippen LogP) is 3.48. The zero-order valence-corrected chi connectivity index (χ0v) is 17.4. The van der Waals surface area contributed by atoms with Crippen LogP contribution in [0.4, 0.5) is 19.0 Å². The van der Waals surface area contributed by atoms with Gasteiger partial charge in [-0.1, -0.05) is 0 Å². The molecular weight excluding hydrogens is 437 g/mol. The lowest BCUT2D eigenvalue weighted by atomic mass is 10.00. The lowest BCUT2D eigenvalue weighted by Gasteiger charge is -2.36. The molecule has 2 aromatic carbocycles. The summed E-state index contributed by atoms with van der Waals surface area (Å²) in [4.78, 5) is 35.8. The molecule has 0 saturated carbocycles. The number of benzene rings is 2. The van der Waals surface area contributed by atoms with Gasteiger partial charge in [-0.2, -0.15) is 0 Å². The third-order valence-electron chi connectivity index (χ3n) is 5.93. The van der Waals surface area contributed by atoms with Gasteiger partial charge in [-0.3, -0.25) is 14.6 Å². The lowest BCUT2D eigenvalue weighted by molar-refractivity contribution is -0.139. The van der Waals surface area contributed by atoms with Crippen LogP contribution in [0.15, 0.2) is 36.5 Å². The summed E-state index contributed by atoms with van der Waals surface area (Å²) in [6.45, 7) is 0.773. The average molecular weight is 456 g/mol. The van der Waals surface area contributed by atoms with Crippen LogP contribution in [0, 0.1) is 17.5 Å². The molecule has 0 aliphatic carbocycles. The number of carbonyl (C=O) groups excluding carboxylic acids is 2. The summed E-state index contributed by atoms with van der Waals surface area (Å²) >= 11 is 0. The average Bonchev–Trinajstić information content (AvgIpc) is 3.13. The van der Waals surface area contributed by atoms with Crippen molar-refractivity contribution in [3.8, 4) is 5.75 Å². The third kappa shape index (κ3) is 3.96. The van der Waals surface area contributed by atoms with Crippen molar-refractivity contribution in [2.45, 2.75) is 31.4 Å². The first-order valence-corrected chi connectivity index (χ1v) is 10.6. The highest BCUT2D eigenvalue weighted by molar-refractivity contribution is 6.16. The molecule has 170 valence electrons. The van der Waals surface area contributed by atoms with E-state index in [2.05, 4.69) is 15.3 Å². The first kappa shape index (κ1) is 21.2. The minimum atomic E-state index is -1.33. The zero-order valence-electron chi connectivity index (χ0n) is 17.4. The third-order valence-corrected chi connectivity index (χ3v) is 5.93. The number of hydrogen-bond donors (Lipinski definition) is 1. The first-order chi connectivity index (χ1) is 15.9. The number of likely N-dealkylation sites (tertiary alicyclic amines) is 1. The highest BCUT2D eigenvalue weighted by Gasteiger charge is 2.42. The van der Waals surface area contributed by atoms with Gasteiger partial charge in [0.25, 0.3) is 5.91 Å². The van der Waals surface area contributed by atoms with Gasteiger partial charge in [0.15, 0.2) is 11.6 Å². The monoisotopic (exact) mass is 456 g/mol. The number of nitrogens with one attached hydrogen (secondary N) is 1. The number of rotatable bonds is 4. The van der Waals surface area contributed by atoms with Crippen molar-refractivity contribution < 1.29 is 27.5 Å². The van der Waals surface area contributed by atoms with Crippen molar-refractivity contribution >= 4 is 28.5 Å². The quantitative estimate of drug-likeness (QED) is 0.606. The summed E-state index contributed by atoms with van der Waals surface area (Å²) in [6, 6.07) is 5.29. The Bertz CT molecular complexity index is 1270. The second kappa shape index (κ2) is 8.34. The summed E-state index contributed by atoms with van der Waals surface area (Å²) in [6.07, 6.45) is 2.45. The van der Waals surface area contributed by atoms with Crippen molar-refractivity contribution in [2.24, 2.45) is 0 Å². The zero-order chi connectivity index (χ0) is 23.1. The van der Waals surface area contributed by atoms with Gasteiger partial charge in [0.2, 0.25) is 11.9 Å². The van der Waals surface area contributed by atoms with Gasteiger partial charge >= 0.3 is 0 Å². The van der Waals surface area contributed by atoms with Crippen LogP contribution in [0.2, 0.25) is 0 Å². The molecule has 7 nitrogen and oxygen atoms in total. The van der Waals surface area contributed by atoms with Crippen LogP contribution in [0.25, 0.3) is 11.0 Å². The number of hydrogen-bond acceptors (Lipinski definition) is 6. The van der Waals surface area contributed by atoms with E-state index >= 15 is 0 Å². The van der Waals surface area contributed by atoms with E-state index in [1.54, 1.807) is 4.90 Å². The Kier molecular flexibility index (Phi) is 5.35. The van der Waals surface area contributed by atoms with Gasteiger partial charge in [0, 0.05) is 37.3 Å². The Labute approximate surface area is 186 Å². The van der Waals surface area contributed by atoms with Gasteiger partial charge < -0.3 is 15.0 Å². The van der Waals surface area contributed by atoms with Gasteiger partial charge in [-0.05, 0) is 31.4 Å².